The fraction of sp³-hybridized carbons (Fsp3) is 0.417. The highest BCUT2D eigenvalue weighted by molar-refractivity contribution is 5.95. The molecule has 1 amide bonds. The molecule has 0 aliphatic heterocycles. The third-order valence-electron chi connectivity index (χ3n) is 3.07. The summed E-state index contributed by atoms with van der Waals surface area (Å²) in [4.78, 5) is 10.9. The van der Waals surface area contributed by atoms with Gasteiger partial charge in [-0.1, -0.05) is 12.1 Å². The van der Waals surface area contributed by atoms with E-state index in [0.29, 0.717) is 11.1 Å². The highest BCUT2D eigenvalue weighted by Crippen LogP contribution is 2.29. The molecule has 0 unspecified atom stereocenters. The third-order valence-corrected chi connectivity index (χ3v) is 3.07. The van der Waals surface area contributed by atoms with Gasteiger partial charge in [-0.05, 0) is 17.2 Å². The van der Waals surface area contributed by atoms with Crippen LogP contribution in [0.5, 0.6) is 0 Å². The second kappa shape index (κ2) is 4.82. The lowest BCUT2D eigenvalue weighted by molar-refractivity contribution is -0.167. The van der Waals surface area contributed by atoms with E-state index in [2.05, 4.69) is 0 Å². The summed E-state index contributed by atoms with van der Waals surface area (Å²) in [5.74, 6) is -2.05. The summed E-state index contributed by atoms with van der Waals surface area (Å²) in [5, 5.41) is 20.9. The van der Waals surface area contributed by atoms with Crippen molar-refractivity contribution in [2.75, 3.05) is 5.32 Å². The van der Waals surface area contributed by atoms with Gasteiger partial charge in [-0.15, -0.1) is 0 Å². The van der Waals surface area contributed by atoms with Gasteiger partial charge in [0, 0.05) is 18.5 Å². The smallest absolute Gasteiger partial charge is 0.390 e. The highest BCUT2D eigenvalue weighted by Gasteiger charge is 2.39. The van der Waals surface area contributed by atoms with E-state index in [-0.39, 0.29) is 18.5 Å². The lowest BCUT2D eigenvalue weighted by Crippen LogP contribution is -2.36. The van der Waals surface area contributed by atoms with Crippen molar-refractivity contribution in [1.82, 2.24) is 0 Å². The van der Waals surface area contributed by atoms with E-state index in [1.807, 2.05) is 0 Å². The van der Waals surface area contributed by atoms with Crippen LogP contribution in [0.25, 0.3) is 0 Å². The lowest BCUT2D eigenvalue weighted by atomic mass is 9.86. The van der Waals surface area contributed by atoms with Crippen LogP contribution in [0.15, 0.2) is 18.2 Å². The molecule has 1 aliphatic carbocycles. The van der Waals surface area contributed by atoms with Crippen LogP contribution in [0.1, 0.15) is 11.1 Å². The zero-order valence-electron chi connectivity index (χ0n) is 9.74. The van der Waals surface area contributed by atoms with E-state index in [1.165, 1.54) is 12.1 Å². The van der Waals surface area contributed by atoms with Gasteiger partial charge in [0.25, 0.3) is 0 Å². The predicted molar refractivity (Wildman–Crippen MR) is 60.5 cm³/mol. The summed E-state index contributed by atoms with van der Waals surface area (Å²) >= 11 is 0. The SMILES string of the molecule is O=C(Nc1cccc2c1C[C@H](O)[C@H](O)C2)C(F)(F)F. The van der Waals surface area contributed by atoms with Crippen LogP contribution in [0.3, 0.4) is 0 Å². The molecular formula is C12H12F3NO3. The van der Waals surface area contributed by atoms with E-state index in [9.17, 15) is 28.2 Å². The van der Waals surface area contributed by atoms with Crippen LogP contribution in [-0.2, 0) is 17.6 Å². The molecule has 2 rings (SSSR count). The maximum atomic E-state index is 12.2. The van der Waals surface area contributed by atoms with Crippen LogP contribution in [0.4, 0.5) is 18.9 Å². The first kappa shape index (κ1) is 13.8. The molecule has 0 saturated carbocycles. The Bertz CT molecular complexity index is 501. The fourth-order valence-corrected chi connectivity index (χ4v) is 2.08. The zero-order chi connectivity index (χ0) is 14.2. The van der Waals surface area contributed by atoms with E-state index >= 15 is 0 Å². The predicted octanol–water partition coefficient (Wildman–Crippen LogP) is 1.01. The molecule has 0 radical (unpaired) electrons. The lowest BCUT2D eigenvalue weighted by Gasteiger charge is -2.27. The molecule has 0 bridgehead atoms. The Morgan fingerprint density at radius 1 is 1.21 bits per heavy atom. The number of hydrogen-bond acceptors (Lipinski definition) is 3. The molecule has 104 valence electrons. The minimum absolute atomic E-state index is 0.00477. The minimum Gasteiger partial charge on any atom is -0.390 e. The van der Waals surface area contributed by atoms with Crippen molar-refractivity contribution >= 4 is 11.6 Å². The van der Waals surface area contributed by atoms with Crippen molar-refractivity contribution in [2.45, 2.75) is 31.2 Å². The van der Waals surface area contributed by atoms with Crippen LogP contribution in [0.2, 0.25) is 0 Å². The van der Waals surface area contributed by atoms with Crippen LogP contribution >= 0.6 is 0 Å². The quantitative estimate of drug-likeness (QED) is 0.716. The Morgan fingerprint density at radius 2 is 1.84 bits per heavy atom. The molecule has 19 heavy (non-hydrogen) atoms. The number of alkyl halides is 3. The summed E-state index contributed by atoms with van der Waals surface area (Å²) in [6.07, 6.45) is -6.80. The van der Waals surface area contributed by atoms with Crippen LogP contribution in [0, 0.1) is 0 Å². The second-order valence-electron chi connectivity index (χ2n) is 4.44. The molecule has 0 aromatic heterocycles. The Labute approximate surface area is 106 Å². The summed E-state index contributed by atoms with van der Waals surface area (Å²) < 4.78 is 36.6. The van der Waals surface area contributed by atoms with Crippen molar-refractivity contribution in [3.8, 4) is 0 Å². The van der Waals surface area contributed by atoms with Gasteiger partial charge in [0.15, 0.2) is 0 Å². The van der Waals surface area contributed by atoms with Gasteiger partial charge in [0.05, 0.1) is 12.2 Å². The third kappa shape index (κ3) is 2.87. The molecule has 2 atom stereocenters. The van der Waals surface area contributed by atoms with E-state index in [0.717, 1.165) is 0 Å². The van der Waals surface area contributed by atoms with Gasteiger partial charge < -0.3 is 15.5 Å². The number of anilines is 1. The first-order chi connectivity index (χ1) is 8.79. The number of carbonyl (C=O) groups excluding carboxylic acids is 1. The van der Waals surface area contributed by atoms with Crippen LogP contribution in [-0.4, -0.2) is 34.5 Å². The molecule has 1 aliphatic rings. The average Bonchev–Trinajstić information content (AvgIpc) is 2.30. The van der Waals surface area contributed by atoms with Gasteiger partial charge in [-0.25, -0.2) is 0 Å². The first-order valence-electron chi connectivity index (χ1n) is 5.64. The summed E-state index contributed by atoms with van der Waals surface area (Å²) in [6, 6.07) is 4.48. The van der Waals surface area contributed by atoms with Crippen molar-refractivity contribution in [3.05, 3.63) is 29.3 Å². The summed E-state index contributed by atoms with van der Waals surface area (Å²) in [6.45, 7) is 0. The van der Waals surface area contributed by atoms with Crippen LogP contribution < -0.4 is 5.32 Å². The summed E-state index contributed by atoms with van der Waals surface area (Å²) in [5.41, 5.74) is 1.07. The van der Waals surface area contributed by atoms with Crippen molar-refractivity contribution in [3.63, 3.8) is 0 Å². The number of aliphatic hydroxyl groups is 2. The van der Waals surface area contributed by atoms with Crippen molar-refractivity contribution < 1.29 is 28.2 Å². The fourth-order valence-electron chi connectivity index (χ4n) is 2.08. The molecule has 1 aromatic carbocycles. The second-order valence-corrected chi connectivity index (χ2v) is 4.44. The maximum absolute atomic E-state index is 12.2. The Kier molecular flexibility index (Phi) is 3.51. The number of fused-ring (bicyclic) bond motifs is 1. The molecule has 4 nitrogen and oxygen atoms in total. The summed E-state index contributed by atoms with van der Waals surface area (Å²) in [7, 11) is 0. The van der Waals surface area contributed by atoms with Gasteiger partial charge in [-0.2, -0.15) is 13.2 Å². The van der Waals surface area contributed by atoms with E-state index in [1.54, 1.807) is 11.4 Å². The molecule has 0 heterocycles. The Hall–Kier alpha value is -1.60. The number of halogens is 3. The first-order valence-corrected chi connectivity index (χ1v) is 5.64. The number of benzene rings is 1. The molecule has 0 saturated heterocycles. The molecule has 1 aromatic rings. The number of nitrogens with one attached hydrogen (secondary N) is 1. The minimum atomic E-state index is -4.96. The average molecular weight is 275 g/mol. The van der Waals surface area contributed by atoms with Gasteiger partial charge in [-0.3, -0.25) is 4.79 Å². The molecule has 0 spiro atoms. The molecular weight excluding hydrogens is 263 g/mol. The van der Waals surface area contributed by atoms with Crippen molar-refractivity contribution in [2.24, 2.45) is 0 Å². The number of aliphatic hydroxyl groups excluding tert-OH is 2. The Balaban J connectivity index is 2.29. The highest BCUT2D eigenvalue weighted by atomic mass is 19.4. The zero-order valence-corrected chi connectivity index (χ0v) is 9.74. The largest absolute Gasteiger partial charge is 0.471 e. The van der Waals surface area contributed by atoms with Gasteiger partial charge >= 0.3 is 12.1 Å². The number of rotatable bonds is 1. The van der Waals surface area contributed by atoms with E-state index in [4.69, 9.17) is 0 Å². The maximum Gasteiger partial charge on any atom is 0.471 e. The monoisotopic (exact) mass is 275 g/mol. The number of amides is 1. The normalized spacial score (nSPS) is 22.8. The topological polar surface area (TPSA) is 69.6 Å². The van der Waals surface area contributed by atoms with Gasteiger partial charge in [0.2, 0.25) is 0 Å². The number of carbonyl (C=O) groups is 1. The molecule has 0 fully saturated rings. The standard InChI is InChI=1S/C12H12F3NO3/c13-12(14,15)11(19)16-8-3-1-2-6-4-9(17)10(18)5-7(6)8/h1-3,9-10,17-18H,4-5H2,(H,16,19)/t9-,10+/m1/s1. The van der Waals surface area contributed by atoms with Gasteiger partial charge in [0.1, 0.15) is 0 Å². The van der Waals surface area contributed by atoms with E-state index < -0.39 is 24.3 Å². The Morgan fingerprint density at radius 3 is 2.47 bits per heavy atom. The molecule has 7 heteroatoms. The number of hydrogen-bond donors (Lipinski definition) is 3. The van der Waals surface area contributed by atoms with Crippen molar-refractivity contribution in [1.29, 1.82) is 0 Å². The molecule has 3 N–H and O–H groups in total.